The summed E-state index contributed by atoms with van der Waals surface area (Å²) < 4.78 is 0. The molecule has 6 nitrogen and oxygen atoms in total. The highest BCUT2D eigenvalue weighted by Gasteiger charge is 2.33. The average molecular weight is 277 g/mol. The Morgan fingerprint density at radius 1 is 1.55 bits per heavy atom. The Bertz CT molecular complexity index is 504. The van der Waals surface area contributed by atoms with Crippen LogP contribution in [0.3, 0.4) is 0 Å². The maximum atomic E-state index is 12.1. The molecule has 0 aliphatic carbocycles. The number of likely N-dealkylation sites (tertiary alicyclic amines) is 1. The van der Waals surface area contributed by atoms with E-state index in [-0.39, 0.29) is 6.03 Å². The maximum absolute atomic E-state index is 12.1. The zero-order valence-electron chi connectivity index (χ0n) is 11.5. The molecule has 1 aromatic heterocycles. The monoisotopic (exact) mass is 277 g/mol. The number of hydrogen-bond donors (Lipinski definition) is 2. The van der Waals surface area contributed by atoms with Gasteiger partial charge in [0, 0.05) is 12.7 Å². The van der Waals surface area contributed by atoms with Crippen LogP contribution in [0.15, 0.2) is 18.3 Å². The lowest BCUT2D eigenvalue weighted by molar-refractivity contribution is -0.141. The third kappa shape index (κ3) is 3.07. The normalized spacial score (nSPS) is 18.1. The predicted octanol–water partition coefficient (Wildman–Crippen LogP) is 1.40. The van der Waals surface area contributed by atoms with E-state index in [1.165, 1.54) is 4.90 Å². The zero-order chi connectivity index (χ0) is 14.5. The average Bonchev–Trinajstić information content (AvgIpc) is 2.94. The van der Waals surface area contributed by atoms with E-state index >= 15 is 0 Å². The zero-order valence-corrected chi connectivity index (χ0v) is 11.5. The number of aryl methyl sites for hydroxylation is 1. The first-order chi connectivity index (χ1) is 9.63. The molecular formula is C14H19N3O3. The summed E-state index contributed by atoms with van der Waals surface area (Å²) in [4.78, 5) is 28.8. The third-order valence-corrected chi connectivity index (χ3v) is 3.57. The van der Waals surface area contributed by atoms with Crippen molar-refractivity contribution in [2.75, 3.05) is 6.54 Å². The van der Waals surface area contributed by atoms with Crippen LogP contribution in [-0.4, -0.2) is 39.6 Å². The largest absolute Gasteiger partial charge is 0.480 e. The van der Waals surface area contributed by atoms with Gasteiger partial charge in [-0.2, -0.15) is 0 Å². The Balaban J connectivity index is 1.97. The first-order valence-corrected chi connectivity index (χ1v) is 6.83. The van der Waals surface area contributed by atoms with Gasteiger partial charge in [-0.25, -0.2) is 9.59 Å². The van der Waals surface area contributed by atoms with Gasteiger partial charge in [-0.1, -0.05) is 13.0 Å². The number of carbonyl (C=O) groups excluding carboxylic acids is 1. The number of nitrogens with one attached hydrogen (secondary N) is 1. The van der Waals surface area contributed by atoms with Crippen LogP contribution in [0.4, 0.5) is 4.79 Å². The van der Waals surface area contributed by atoms with Crippen LogP contribution < -0.4 is 5.32 Å². The molecule has 1 aliphatic rings. The number of aliphatic carboxylic acids is 1. The lowest BCUT2D eigenvalue weighted by Crippen LogP contribution is -2.45. The number of carboxylic acid groups (broad SMARTS) is 1. The Morgan fingerprint density at radius 2 is 2.35 bits per heavy atom. The number of urea groups is 1. The van der Waals surface area contributed by atoms with Crippen LogP contribution in [-0.2, 0) is 17.8 Å². The molecule has 2 amide bonds. The Morgan fingerprint density at radius 3 is 3.05 bits per heavy atom. The molecular weight excluding hydrogens is 258 g/mol. The van der Waals surface area contributed by atoms with Gasteiger partial charge < -0.3 is 15.3 Å². The molecule has 108 valence electrons. The van der Waals surface area contributed by atoms with Crippen LogP contribution in [0.25, 0.3) is 0 Å². The second-order valence-electron chi connectivity index (χ2n) is 4.81. The molecule has 1 aliphatic heterocycles. The standard InChI is InChI=1S/C14H19N3O3/c1-2-10-5-3-7-15-11(10)9-16-14(20)17-8-4-6-12(17)13(18)19/h3,5,7,12H,2,4,6,8-9H2,1H3,(H,16,20)(H,18,19)/t12-/m1/s1. The molecule has 1 saturated heterocycles. The number of hydrogen-bond acceptors (Lipinski definition) is 3. The molecule has 0 bridgehead atoms. The fourth-order valence-corrected chi connectivity index (χ4v) is 2.48. The molecule has 0 saturated carbocycles. The van der Waals surface area contributed by atoms with Crippen molar-refractivity contribution in [3.63, 3.8) is 0 Å². The van der Waals surface area contributed by atoms with Crippen molar-refractivity contribution in [1.29, 1.82) is 0 Å². The van der Waals surface area contributed by atoms with Gasteiger partial charge in [0.1, 0.15) is 6.04 Å². The number of aromatic nitrogens is 1. The molecule has 1 atom stereocenters. The van der Waals surface area contributed by atoms with Crippen molar-refractivity contribution >= 4 is 12.0 Å². The number of amides is 2. The van der Waals surface area contributed by atoms with Gasteiger partial charge in [-0.3, -0.25) is 4.98 Å². The van der Waals surface area contributed by atoms with E-state index in [0.717, 1.165) is 24.1 Å². The predicted molar refractivity (Wildman–Crippen MR) is 73.2 cm³/mol. The summed E-state index contributed by atoms with van der Waals surface area (Å²) in [5.41, 5.74) is 1.92. The molecule has 2 N–H and O–H groups in total. The number of pyridine rings is 1. The summed E-state index contributed by atoms with van der Waals surface area (Å²) in [6, 6.07) is 2.81. The minimum Gasteiger partial charge on any atom is -0.480 e. The van der Waals surface area contributed by atoms with Crippen molar-refractivity contribution in [1.82, 2.24) is 15.2 Å². The SMILES string of the molecule is CCc1cccnc1CNC(=O)N1CCC[C@@H]1C(=O)O. The quantitative estimate of drug-likeness (QED) is 0.871. The van der Waals surface area contributed by atoms with Gasteiger partial charge in [0.15, 0.2) is 0 Å². The molecule has 1 fully saturated rings. The van der Waals surface area contributed by atoms with Crippen LogP contribution in [0.2, 0.25) is 0 Å². The molecule has 0 aromatic carbocycles. The summed E-state index contributed by atoms with van der Waals surface area (Å²) in [6.07, 6.45) is 3.79. The van der Waals surface area contributed by atoms with E-state index in [2.05, 4.69) is 10.3 Å². The highest BCUT2D eigenvalue weighted by molar-refractivity contribution is 5.83. The van der Waals surface area contributed by atoms with Crippen molar-refractivity contribution in [2.24, 2.45) is 0 Å². The Hall–Kier alpha value is -2.11. The highest BCUT2D eigenvalue weighted by atomic mass is 16.4. The van der Waals surface area contributed by atoms with Crippen molar-refractivity contribution in [3.8, 4) is 0 Å². The number of carbonyl (C=O) groups is 2. The van der Waals surface area contributed by atoms with Gasteiger partial charge in [0.05, 0.1) is 12.2 Å². The van der Waals surface area contributed by atoms with E-state index < -0.39 is 12.0 Å². The summed E-state index contributed by atoms with van der Waals surface area (Å²) in [5.74, 6) is -0.940. The topological polar surface area (TPSA) is 82.5 Å². The summed E-state index contributed by atoms with van der Waals surface area (Å²) >= 11 is 0. The van der Waals surface area contributed by atoms with Gasteiger partial charge in [0.25, 0.3) is 0 Å². The molecule has 1 aromatic rings. The van der Waals surface area contributed by atoms with E-state index in [1.807, 2.05) is 19.1 Å². The first kappa shape index (κ1) is 14.3. The van der Waals surface area contributed by atoms with Gasteiger partial charge >= 0.3 is 12.0 Å². The van der Waals surface area contributed by atoms with E-state index in [0.29, 0.717) is 19.5 Å². The highest BCUT2D eigenvalue weighted by Crippen LogP contribution is 2.17. The fourth-order valence-electron chi connectivity index (χ4n) is 2.48. The lowest BCUT2D eigenvalue weighted by Gasteiger charge is -2.22. The summed E-state index contributed by atoms with van der Waals surface area (Å²) in [5, 5.41) is 11.8. The van der Waals surface area contributed by atoms with Gasteiger partial charge in [-0.05, 0) is 30.9 Å². The Labute approximate surface area is 117 Å². The third-order valence-electron chi connectivity index (χ3n) is 3.57. The maximum Gasteiger partial charge on any atom is 0.326 e. The van der Waals surface area contributed by atoms with Gasteiger partial charge in [0.2, 0.25) is 0 Å². The van der Waals surface area contributed by atoms with E-state index in [9.17, 15) is 9.59 Å². The molecule has 2 rings (SSSR count). The van der Waals surface area contributed by atoms with Crippen LogP contribution in [0.5, 0.6) is 0 Å². The molecule has 0 spiro atoms. The molecule has 2 heterocycles. The van der Waals surface area contributed by atoms with E-state index in [4.69, 9.17) is 5.11 Å². The van der Waals surface area contributed by atoms with Crippen molar-refractivity contribution < 1.29 is 14.7 Å². The van der Waals surface area contributed by atoms with Crippen molar-refractivity contribution in [2.45, 2.75) is 38.8 Å². The number of carboxylic acids is 1. The second-order valence-corrected chi connectivity index (χ2v) is 4.81. The number of nitrogens with zero attached hydrogens (tertiary/aromatic N) is 2. The van der Waals surface area contributed by atoms with E-state index in [1.54, 1.807) is 6.20 Å². The molecule has 6 heteroatoms. The van der Waals surface area contributed by atoms with Crippen LogP contribution in [0.1, 0.15) is 31.0 Å². The fraction of sp³-hybridized carbons (Fsp3) is 0.500. The lowest BCUT2D eigenvalue weighted by atomic mass is 10.1. The molecule has 20 heavy (non-hydrogen) atoms. The summed E-state index contributed by atoms with van der Waals surface area (Å²) in [6.45, 7) is 2.85. The van der Waals surface area contributed by atoms with Crippen LogP contribution >= 0.6 is 0 Å². The van der Waals surface area contributed by atoms with Gasteiger partial charge in [-0.15, -0.1) is 0 Å². The minimum absolute atomic E-state index is 0.325. The Kier molecular flexibility index (Phi) is 4.55. The van der Waals surface area contributed by atoms with Crippen LogP contribution in [0, 0.1) is 0 Å². The molecule has 0 unspecified atom stereocenters. The smallest absolute Gasteiger partial charge is 0.326 e. The van der Waals surface area contributed by atoms with Crippen molar-refractivity contribution in [3.05, 3.63) is 29.6 Å². The summed E-state index contributed by atoms with van der Waals surface area (Å²) in [7, 11) is 0. The minimum atomic E-state index is -0.940. The second kappa shape index (κ2) is 6.36. The number of rotatable bonds is 4. The first-order valence-electron chi connectivity index (χ1n) is 6.83. The molecule has 0 radical (unpaired) electrons.